The minimum atomic E-state index is -0.556. The second-order valence-corrected chi connectivity index (χ2v) is 3.16. The molecule has 0 unspecified atom stereocenters. The smallest absolute Gasteiger partial charge is 0.731 e. The average Bonchev–Trinajstić information content (AvgIpc) is 1.90. The van der Waals surface area contributed by atoms with E-state index >= 15 is 0 Å². The van der Waals surface area contributed by atoms with Crippen molar-refractivity contribution in [1.29, 1.82) is 0 Å². The molecule has 1 fully saturated rings. The molecule has 1 aliphatic heterocycles. The molecule has 0 amide bonds. The third-order valence-corrected chi connectivity index (χ3v) is 1.21. The van der Waals surface area contributed by atoms with Gasteiger partial charge in [-0.3, -0.25) is 0 Å². The van der Waals surface area contributed by atoms with Crippen LogP contribution in [0.3, 0.4) is 0 Å². The Labute approximate surface area is 101 Å². The first-order valence-electron chi connectivity index (χ1n) is 3.34. The number of carbonyl (C=O) groups excluding carboxylic acids is 1. The Morgan fingerprint density at radius 3 is 1.73 bits per heavy atom. The maximum absolute atomic E-state index is 9.12. The summed E-state index contributed by atoms with van der Waals surface area (Å²) in [6.45, 7) is 2.50. The molecule has 2 nitrogen and oxygen atoms in total. The quantitative estimate of drug-likeness (QED) is 0.279. The first-order chi connectivity index (χ1) is 4.73. The summed E-state index contributed by atoms with van der Waals surface area (Å²) >= 11 is 6.99. The van der Waals surface area contributed by atoms with E-state index in [-0.39, 0.29) is 29.6 Å². The zero-order chi connectivity index (χ0) is 7.82. The van der Waals surface area contributed by atoms with Crippen molar-refractivity contribution >= 4 is 29.7 Å². The van der Waals surface area contributed by atoms with Crippen molar-refractivity contribution in [1.82, 2.24) is 5.32 Å². The van der Waals surface area contributed by atoms with Gasteiger partial charge in [0.1, 0.15) is 0 Å². The van der Waals surface area contributed by atoms with Crippen molar-refractivity contribution in [3.63, 3.8) is 0 Å². The molecule has 0 aromatic carbocycles. The Morgan fingerprint density at radius 1 is 1.27 bits per heavy atom. The van der Waals surface area contributed by atoms with E-state index in [1.807, 2.05) is 0 Å². The third-order valence-electron chi connectivity index (χ3n) is 1.21. The fourth-order valence-electron chi connectivity index (χ4n) is 0.802. The summed E-state index contributed by atoms with van der Waals surface area (Å²) in [5.74, 6) is 0. The standard InChI is InChI=1S/C5H11N.CH2OS2.Na/c1-2-4-6-5-3-1;2-1(3)4;/h6H,1-5H2;(H2,2,3,4);/q;;+1/p-1. The SMILES string of the molecule is C1CCNCC1.O=C([S-])S.[Na+]. The first kappa shape index (κ1) is 14.7. The van der Waals surface area contributed by atoms with Gasteiger partial charge in [-0.15, -0.1) is 12.6 Å². The summed E-state index contributed by atoms with van der Waals surface area (Å²) in [5, 5.41) is 3.28. The monoisotopic (exact) mass is 201 g/mol. The van der Waals surface area contributed by atoms with Gasteiger partial charge in [0.2, 0.25) is 0 Å². The molecule has 0 aromatic rings. The summed E-state index contributed by atoms with van der Waals surface area (Å²) in [7, 11) is 0. The molecule has 0 spiro atoms. The molecule has 0 aliphatic carbocycles. The molecule has 1 heterocycles. The van der Waals surface area contributed by atoms with Gasteiger partial charge in [0, 0.05) is 0 Å². The molecule has 1 N–H and O–H groups in total. The maximum Gasteiger partial charge on any atom is 1.00 e. The van der Waals surface area contributed by atoms with Crippen LogP contribution in [0.2, 0.25) is 0 Å². The molecule has 1 aliphatic rings. The van der Waals surface area contributed by atoms with Gasteiger partial charge in [-0.25, -0.2) is 0 Å². The Hall–Kier alpha value is 1.20. The van der Waals surface area contributed by atoms with Gasteiger partial charge in [0.15, 0.2) is 0 Å². The van der Waals surface area contributed by atoms with Crippen LogP contribution in [0.1, 0.15) is 19.3 Å². The van der Waals surface area contributed by atoms with E-state index in [4.69, 9.17) is 4.79 Å². The van der Waals surface area contributed by atoms with E-state index in [0.29, 0.717) is 0 Å². The molecule has 0 bridgehead atoms. The van der Waals surface area contributed by atoms with Crippen molar-refractivity contribution < 1.29 is 34.4 Å². The molecule has 0 radical (unpaired) electrons. The molecule has 5 heteroatoms. The second-order valence-electron chi connectivity index (χ2n) is 2.08. The summed E-state index contributed by atoms with van der Waals surface area (Å²) in [6, 6.07) is 0. The fraction of sp³-hybridized carbons (Fsp3) is 0.833. The van der Waals surface area contributed by atoms with E-state index < -0.39 is 4.45 Å². The Balaban J connectivity index is 0. The minimum Gasteiger partial charge on any atom is -0.731 e. The minimum absolute atomic E-state index is 0. The van der Waals surface area contributed by atoms with E-state index in [2.05, 4.69) is 30.6 Å². The zero-order valence-electron chi connectivity index (χ0n) is 6.80. The van der Waals surface area contributed by atoms with Crippen molar-refractivity contribution in [3.05, 3.63) is 0 Å². The van der Waals surface area contributed by atoms with Crippen LogP contribution in [0.25, 0.3) is 0 Å². The van der Waals surface area contributed by atoms with E-state index in [1.54, 1.807) is 0 Å². The average molecular weight is 201 g/mol. The van der Waals surface area contributed by atoms with Gasteiger partial charge < -0.3 is 22.7 Å². The van der Waals surface area contributed by atoms with Gasteiger partial charge in [0.25, 0.3) is 0 Å². The number of carbonyl (C=O) groups is 1. The number of thiol groups is 1. The second kappa shape index (κ2) is 11.2. The largest absolute Gasteiger partial charge is 1.00 e. The number of nitrogens with one attached hydrogen (secondary N) is 1. The van der Waals surface area contributed by atoms with Gasteiger partial charge in [-0.2, -0.15) is 0 Å². The van der Waals surface area contributed by atoms with Crippen LogP contribution in [0.4, 0.5) is 4.79 Å². The molecular formula is C6H12NNaOS2. The molecule has 1 saturated heterocycles. The van der Waals surface area contributed by atoms with Gasteiger partial charge in [-0.1, -0.05) is 6.42 Å². The van der Waals surface area contributed by atoms with Crippen LogP contribution in [0.5, 0.6) is 0 Å². The Morgan fingerprint density at radius 2 is 1.64 bits per heavy atom. The molecule has 0 aromatic heterocycles. The van der Waals surface area contributed by atoms with Gasteiger partial charge in [0.05, 0.1) is 4.45 Å². The molecule has 11 heavy (non-hydrogen) atoms. The predicted molar refractivity (Wildman–Crippen MR) is 48.5 cm³/mol. The summed E-state index contributed by atoms with van der Waals surface area (Å²) in [5.41, 5.74) is 0. The summed E-state index contributed by atoms with van der Waals surface area (Å²) < 4.78 is -0.556. The molecular weight excluding hydrogens is 189 g/mol. The molecule has 0 atom stereocenters. The zero-order valence-corrected chi connectivity index (χ0v) is 10.5. The predicted octanol–water partition coefficient (Wildman–Crippen LogP) is -1.65. The fourth-order valence-corrected chi connectivity index (χ4v) is 0.802. The summed E-state index contributed by atoms with van der Waals surface area (Å²) in [6.07, 6.45) is 4.22. The van der Waals surface area contributed by atoms with E-state index in [0.717, 1.165) is 0 Å². The number of rotatable bonds is 0. The van der Waals surface area contributed by atoms with Gasteiger partial charge >= 0.3 is 29.6 Å². The first-order valence-corrected chi connectivity index (χ1v) is 4.19. The maximum atomic E-state index is 9.12. The summed E-state index contributed by atoms with van der Waals surface area (Å²) in [4.78, 5) is 9.12. The Bertz CT molecular complexity index is 83.1. The van der Waals surface area contributed by atoms with E-state index in [9.17, 15) is 0 Å². The van der Waals surface area contributed by atoms with Crippen molar-refractivity contribution in [2.45, 2.75) is 19.3 Å². The molecule has 60 valence electrons. The van der Waals surface area contributed by atoms with Gasteiger partial charge in [-0.05, 0) is 25.9 Å². The third kappa shape index (κ3) is 18.3. The van der Waals surface area contributed by atoms with Crippen molar-refractivity contribution in [3.8, 4) is 0 Å². The molecule has 0 saturated carbocycles. The van der Waals surface area contributed by atoms with Crippen molar-refractivity contribution in [2.24, 2.45) is 0 Å². The van der Waals surface area contributed by atoms with Crippen LogP contribution in [-0.4, -0.2) is 17.5 Å². The van der Waals surface area contributed by atoms with Crippen LogP contribution in [-0.2, 0) is 12.6 Å². The van der Waals surface area contributed by atoms with Crippen LogP contribution < -0.4 is 34.9 Å². The van der Waals surface area contributed by atoms with Crippen LogP contribution in [0.15, 0.2) is 0 Å². The van der Waals surface area contributed by atoms with Crippen molar-refractivity contribution in [2.75, 3.05) is 13.1 Å². The number of piperidine rings is 1. The normalized spacial score (nSPS) is 15.4. The van der Waals surface area contributed by atoms with Crippen LogP contribution >= 0.6 is 12.6 Å². The number of hydrogen-bond acceptors (Lipinski definition) is 3. The topological polar surface area (TPSA) is 29.1 Å². The number of hydrogen-bond donors (Lipinski definition) is 2. The Kier molecular flexibility index (Phi) is 15.0. The molecule has 1 rings (SSSR count). The van der Waals surface area contributed by atoms with Crippen LogP contribution in [0, 0.1) is 0 Å². The van der Waals surface area contributed by atoms with E-state index in [1.165, 1.54) is 32.4 Å².